The van der Waals surface area contributed by atoms with E-state index in [2.05, 4.69) is 55.5 Å². The number of nitrogens with one attached hydrogen (secondary N) is 2. The van der Waals surface area contributed by atoms with E-state index in [-0.39, 0.29) is 42.5 Å². The van der Waals surface area contributed by atoms with E-state index in [1.807, 2.05) is 79.7 Å². The molecule has 3 saturated carbocycles. The van der Waals surface area contributed by atoms with Crippen LogP contribution in [0.25, 0.3) is 11.1 Å². The number of para-hydroxylation sites is 1. The monoisotopic (exact) mass is 783 g/mol. The average molecular weight is 784 g/mol. The molecular formula is C46H65N5O6. The highest BCUT2D eigenvalue weighted by Crippen LogP contribution is 2.61. The molecule has 3 aliphatic carbocycles. The van der Waals surface area contributed by atoms with Crippen molar-refractivity contribution in [1.29, 1.82) is 0 Å². The zero-order valence-electron chi connectivity index (χ0n) is 35.2. The molecule has 310 valence electrons. The normalized spacial score (nSPS) is 28.8. The molecule has 5 aliphatic rings. The van der Waals surface area contributed by atoms with Crippen molar-refractivity contribution in [2.24, 2.45) is 29.1 Å². The van der Waals surface area contributed by atoms with Gasteiger partial charge < -0.3 is 35.4 Å². The Morgan fingerprint density at radius 3 is 2.39 bits per heavy atom. The van der Waals surface area contributed by atoms with E-state index < -0.39 is 24.2 Å². The van der Waals surface area contributed by atoms with Crippen LogP contribution in [0.4, 0.5) is 0 Å². The molecule has 2 heterocycles. The van der Waals surface area contributed by atoms with Gasteiger partial charge in [-0.05, 0) is 93.8 Å². The summed E-state index contributed by atoms with van der Waals surface area (Å²) in [5, 5.41) is 29.0. The molecule has 2 saturated heterocycles. The quantitative estimate of drug-likeness (QED) is 0.216. The van der Waals surface area contributed by atoms with Crippen LogP contribution in [0.15, 0.2) is 72.8 Å². The molecule has 2 amide bonds. The molecule has 4 N–H and O–H groups in total. The number of benzene rings is 3. The number of fused-ring (bicyclic) bond motifs is 2. The van der Waals surface area contributed by atoms with Crippen LogP contribution in [0.2, 0.25) is 0 Å². The van der Waals surface area contributed by atoms with Crippen molar-refractivity contribution in [1.82, 2.24) is 25.5 Å². The van der Waals surface area contributed by atoms with Crippen LogP contribution < -0.4 is 15.4 Å². The second-order valence-electron chi connectivity index (χ2n) is 17.4. The smallest absolute Gasteiger partial charge is 0.254 e. The van der Waals surface area contributed by atoms with Gasteiger partial charge in [-0.1, -0.05) is 81.4 Å². The lowest BCUT2D eigenvalue weighted by atomic mass is 9.45. The zero-order valence-corrected chi connectivity index (χ0v) is 35.2. The first-order chi connectivity index (χ1) is 27.3. The molecule has 0 aromatic heterocycles. The molecule has 3 aromatic carbocycles. The number of aliphatic hydroxyl groups excluding tert-OH is 2. The number of rotatable bonds is 11. The largest absolute Gasteiger partial charge is 0.496 e. The summed E-state index contributed by atoms with van der Waals surface area (Å²) in [6.07, 6.45) is 1.30. The summed E-state index contributed by atoms with van der Waals surface area (Å²) in [6.45, 7) is 10.7. The van der Waals surface area contributed by atoms with E-state index in [0.717, 1.165) is 42.6 Å². The highest BCUT2D eigenvalue weighted by molar-refractivity contribution is 5.96. The van der Waals surface area contributed by atoms with Crippen molar-refractivity contribution in [2.45, 2.75) is 83.8 Å². The fourth-order valence-electron chi connectivity index (χ4n) is 10.2. The first kappa shape index (κ1) is 42.8. The lowest BCUT2D eigenvalue weighted by Gasteiger charge is -2.62. The number of nitrogens with zero attached hydrogens (tertiary/aromatic N) is 3. The predicted molar refractivity (Wildman–Crippen MR) is 223 cm³/mol. The number of likely N-dealkylation sites (N-methyl/N-ethyl adjacent to an activating group) is 1. The molecule has 2 bridgehead atoms. The Balaban J connectivity index is 0.00000177. The SMILES string of the molecule is CNC.COc1c(CN2O[C@@H](CO)[C@@H]([C@H](C)O)[C@H]2C(=O)N[C@H]2C[C@H]3C[C@@H]([C@@H]2C)C3(C)C)cccc1-c1cccc(C(=O)N2CCN(C)C[C@@H]2Cc2ccccc2)c1. The molecule has 0 radical (unpaired) electrons. The van der Waals surface area contributed by atoms with E-state index in [1.165, 1.54) is 12.0 Å². The molecular weight excluding hydrogens is 719 g/mol. The number of hydroxylamine groups is 2. The minimum atomic E-state index is -0.889. The molecule has 5 fully saturated rings. The molecule has 0 unspecified atom stereocenters. The van der Waals surface area contributed by atoms with Gasteiger partial charge in [-0.2, -0.15) is 5.06 Å². The van der Waals surface area contributed by atoms with Crippen LogP contribution in [-0.4, -0.2) is 122 Å². The number of carbonyl (C=O) groups is 2. The van der Waals surface area contributed by atoms with Crippen molar-refractivity contribution >= 4 is 11.8 Å². The Morgan fingerprint density at radius 2 is 1.74 bits per heavy atom. The minimum absolute atomic E-state index is 0.00712. The van der Waals surface area contributed by atoms with Crippen molar-refractivity contribution in [3.63, 3.8) is 0 Å². The average Bonchev–Trinajstić information content (AvgIpc) is 3.57. The lowest BCUT2D eigenvalue weighted by Crippen LogP contribution is -2.62. The summed E-state index contributed by atoms with van der Waals surface area (Å²) in [4.78, 5) is 39.0. The molecule has 0 spiro atoms. The van der Waals surface area contributed by atoms with Gasteiger partial charge in [-0.15, -0.1) is 0 Å². The minimum Gasteiger partial charge on any atom is -0.496 e. The van der Waals surface area contributed by atoms with Gasteiger partial charge in [-0.25, -0.2) is 0 Å². The topological polar surface area (TPSA) is 127 Å². The third-order valence-electron chi connectivity index (χ3n) is 13.4. The van der Waals surface area contributed by atoms with E-state index in [0.29, 0.717) is 35.6 Å². The maximum absolute atomic E-state index is 14.2. The van der Waals surface area contributed by atoms with Crippen LogP contribution in [0.3, 0.4) is 0 Å². The first-order valence-corrected chi connectivity index (χ1v) is 20.7. The number of methoxy groups -OCH3 is 1. The standard InChI is InChI=1S/C44H58N4O6.C2H7N/c1-27-36-22-33(44(36,3)4)23-37(27)45-42(51)40-39(28(2)50)38(26-49)54-48(40)24-32-16-11-17-35(41(32)53-6)30-14-10-15-31(21-30)43(52)47-19-18-46(5)25-34(47)20-29-12-8-7-9-13-29;1-3-2/h7-17,21,27-28,33-34,36-40,49-50H,18-20,22-26H2,1-6H3,(H,45,51);3H,1-2H3/t27-,28-,33+,34-,36-,37-,38-,39+,40-;/m0./s1. The third-order valence-corrected chi connectivity index (χ3v) is 13.4. The fourth-order valence-corrected chi connectivity index (χ4v) is 10.2. The van der Waals surface area contributed by atoms with Crippen molar-refractivity contribution in [3.8, 4) is 16.9 Å². The van der Waals surface area contributed by atoms with Gasteiger partial charge in [0, 0.05) is 54.3 Å². The molecule has 11 nitrogen and oxygen atoms in total. The summed E-state index contributed by atoms with van der Waals surface area (Å²) < 4.78 is 6.07. The van der Waals surface area contributed by atoms with Crippen LogP contribution in [0.1, 0.15) is 62.0 Å². The third kappa shape index (κ3) is 8.94. The van der Waals surface area contributed by atoms with E-state index in [1.54, 1.807) is 19.1 Å². The summed E-state index contributed by atoms with van der Waals surface area (Å²) in [7, 11) is 7.48. The maximum atomic E-state index is 14.2. The number of aliphatic hydroxyl groups is 2. The predicted octanol–water partition coefficient (Wildman–Crippen LogP) is 4.86. The van der Waals surface area contributed by atoms with Crippen LogP contribution in [0.5, 0.6) is 5.75 Å². The highest BCUT2D eigenvalue weighted by atomic mass is 16.7. The van der Waals surface area contributed by atoms with E-state index >= 15 is 0 Å². The Labute approximate surface area is 339 Å². The maximum Gasteiger partial charge on any atom is 0.254 e. The second-order valence-corrected chi connectivity index (χ2v) is 17.4. The van der Waals surface area contributed by atoms with Gasteiger partial charge in [0.2, 0.25) is 5.91 Å². The van der Waals surface area contributed by atoms with Gasteiger partial charge in [0.05, 0.1) is 26.4 Å². The van der Waals surface area contributed by atoms with Crippen LogP contribution in [-0.2, 0) is 22.6 Å². The zero-order chi connectivity index (χ0) is 41.0. The fraction of sp³-hybridized carbons (Fsp3) is 0.565. The van der Waals surface area contributed by atoms with Gasteiger partial charge in [-0.3, -0.25) is 14.4 Å². The summed E-state index contributed by atoms with van der Waals surface area (Å²) >= 11 is 0. The molecule has 57 heavy (non-hydrogen) atoms. The summed E-state index contributed by atoms with van der Waals surface area (Å²) in [6, 6.07) is 23.2. The van der Waals surface area contributed by atoms with Gasteiger partial charge in [0.15, 0.2) is 0 Å². The number of carbonyl (C=O) groups excluding carboxylic acids is 2. The van der Waals surface area contributed by atoms with E-state index in [9.17, 15) is 19.8 Å². The van der Waals surface area contributed by atoms with Gasteiger partial charge >= 0.3 is 0 Å². The Morgan fingerprint density at radius 1 is 1.02 bits per heavy atom. The number of hydrogen-bond donors (Lipinski definition) is 4. The number of amides is 2. The van der Waals surface area contributed by atoms with Crippen LogP contribution in [0, 0.1) is 29.1 Å². The Hall–Kier alpha value is -3.84. The molecule has 2 aliphatic heterocycles. The second kappa shape index (κ2) is 18.4. The lowest BCUT2D eigenvalue weighted by molar-refractivity contribution is -0.183. The van der Waals surface area contributed by atoms with Crippen LogP contribution >= 0.6 is 0 Å². The molecule has 9 atom stereocenters. The number of ether oxygens (including phenoxy) is 1. The van der Waals surface area contributed by atoms with Crippen molar-refractivity contribution in [3.05, 3.63) is 89.5 Å². The highest BCUT2D eigenvalue weighted by Gasteiger charge is 2.57. The van der Waals surface area contributed by atoms with Gasteiger partial charge in [0.1, 0.15) is 17.9 Å². The number of piperazine rings is 1. The number of hydrogen-bond acceptors (Lipinski definition) is 9. The first-order valence-electron chi connectivity index (χ1n) is 20.7. The molecule has 8 rings (SSSR count). The summed E-state index contributed by atoms with van der Waals surface area (Å²) in [5.41, 5.74) is 4.55. The van der Waals surface area contributed by atoms with Gasteiger partial charge in [0.25, 0.3) is 5.91 Å². The summed E-state index contributed by atoms with van der Waals surface area (Å²) in [5.74, 6) is 1.28. The van der Waals surface area contributed by atoms with E-state index in [4.69, 9.17) is 9.57 Å². The van der Waals surface area contributed by atoms with Crippen molar-refractivity contribution < 1.29 is 29.4 Å². The Kier molecular flexibility index (Phi) is 13.8. The van der Waals surface area contributed by atoms with Crippen molar-refractivity contribution in [2.75, 3.05) is 54.5 Å². The Bertz CT molecular complexity index is 1820. The molecule has 3 aromatic rings. The molecule has 11 heteroatoms.